The molecule has 2 aromatic carbocycles. The quantitative estimate of drug-likeness (QED) is 0.434. The van der Waals surface area contributed by atoms with Gasteiger partial charge in [0.05, 0.1) is 6.21 Å². The molecule has 0 fully saturated rings. The number of phenols is 2. The smallest absolute Gasteiger partial charge is 0.271 e. The van der Waals surface area contributed by atoms with E-state index >= 15 is 0 Å². The summed E-state index contributed by atoms with van der Waals surface area (Å²) >= 11 is 2.15. The Kier molecular flexibility index (Phi) is 4.57. The maximum Gasteiger partial charge on any atom is 0.271 e. The lowest BCUT2D eigenvalue weighted by atomic mass is 10.2. The minimum absolute atomic E-state index is 0.0393. The normalized spacial score (nSPS) is 10.7. The van der Waals surface area contributed by atoms with Gasteiger partial charge in [0.1, 0.15) is 11.5 Å². The fraction of sp³-hybridized carbons (Fsp3) is 0. The molecule has 5 nitrogen and oxygen atoms in total. The fourth-order valence-corrected chi connectivity index (χ4v) is 1.83. The van der Waals surface area contributed by atoms with Crippen LogP contribution >= 0.6 is 22.6 Å². The molecule has 0 aromatic heterocycles. The summed E-state index contributed by atoms with van der Waals surface area (Å²) in [5, 5.41) is 22.4. The number of nitrogens with zero attached hydrogens (tertiary/aromatic N) is 1. The van der Waals surface area contributed by atoms with Crippen LogP contribution in [0, 0.1) is 3.57 Å². The average molecular weight is 382 g/mol. The Morgan fingerprint density at radius 1 is 1.15 bits per heavy atom. The van der Waals surface area contributed by atoms with Gasteiger partial charge in [-0.2, -0.15) is 5.10 Å². The molecule has 0 radical (unpaired) electrons. The maximum atomic E-state index is 11.8. The molecule has 0 saturated carbocycles. The fourth-order valence-electron chi connectivity index (χ4n) is 1.47. The van der Waals surface area contributed by atoms with E-state index in [0.717, 1.165) is 3.57 Å². The first-order valence-electron chi connectivity index (χ1n) is 5.67. The predicted octanol–water partition coefficient (Wildman–Crippen LogP) is 2.47. The minimum Gasteiger partial charge on any atom is -0.508 e. The predicted molar refractivity (Wildman–Crippen MR) is 84.0 cm³/mol. The molecule has 0 aliphatic rings. The highest BCUT2D eigenvalue weighted by Gasteiger charge is 2.03. The number of hydrogen-bond acceptors (Lipinski definition) is 4. The summed E-state index contributed by atoms with van der Waals surface area (Å²) in [5.41, 5.74) is 3.26. The van der Waals surface area contributed by atoms with Gasteiger partial charge in [-0.3, -0.25) is 4.79 Å². The topological polar surface area (TPSA) is 81.9 Å². The first-order valence-corrected chi connectivity index (χ1v) is 6.75. The second-order valence-electron chi connectivity index (χ2n) is 3.95. The number of carbonyl (C=O) groups excluding carboxylic acids is 1. The van der Waals surface area contributed by atoms with Crippen molar-refractivity contribution in [2.45, 2.75) is 0 Å². The van der Waals surface area contributed by atoms with Gasteiger partial charge < -0.3 is 10.2 Å². The van der Waals surface area contributed by atoms with E-state index in [1.165, 1.54) is 24.4 Å². The molecule has 3 N–H and O–H groups in total. The standard InChI is InChI=1S/C14H11IN2O3/c15-11-4-1-9(2-5-11)14(20)17-16-8-10-3-6-12(18)7-13(10)19/h1-8,18-19H,(H,17,20)/b16-8-. The van der Waals surface area contributed by atoms with Crippen molar-refractivity contribution >= 4 is 34.7 Å². The van der Waals surface area contributed by atoms with Gasteiger partial charge in [0.15, 0.2) is 0 Å². The molecule has 102 valence electrons. The van der Waals surface area contributed by atoms with Crippen molar-refractivity contribution in [3.63, 3.8) is 0 Å². The van der Waals surface area contributed by atoms with Gasteiger partial charge in [-0.05, 0) is 59.0 Å². The van der Waals surface area contributed by atoms with Gasteiger partial charge in [0, 0.05) is 20.8 Å². The van der Waals surface area contributed by atoms with Crippen LogP contribution in [0.3, 0.4) is 0 Å². The zero-order chi connectivity index (χ0) is 14.5. The lowest BCUT2D eigenvalue weighted by molar-refractivity contribution is 0.0955. The number of hydrazone groups is 1. The van der Waals surface area contributed by atoms with Gasteiger partial charge >= 0.3 is 0 Å². The van der Waals surface area contributed by atoms with Crippen LogP contribution in [0.15, 0.2) is 47.6 Å². The maximum absolute atomic E-state index is 11.8. The van der Waals surface area contributed by atoms with E-state index in [-0.39, 0.29) is 17.4 Å². The molecule has 0 heterocycles. The highest BCUT2D eigenvalue weighted by atomic mass is 127. The van der Waals surface area contributed by atoms with E-state index in [9.17, 15) is 9.90 Å². The highest BCUT2D eigenvalue weighted by Crippen LogP contribution is 2.20. The van der Waals surface area contributed by atoms with Crippen LogP contribution in [0.25, 0.3) is 0 Å². The number of hydrogen-bond donors (Lipinski definition) is 3. The number of aromatic hydroxyl groups is 2. The molecular formula is C14H11IN2O3. The van der Waals surface area contributed by atoms with Crippen LogP contribution in [0.5, 0.6) is 11.5 Å². The number of amides is 1. The molecule has 20 heavy (non-hydrogen) atoms. The Morgan fingerprint density at radius 3 is 2.50 bits per heavy atom. The van der Waals surface area contributed by atoms with E-state index in [0.29, 0.717) is 11.1 Å². The summed E-state index contributed by atoms with van der Waals surface area (Å²) in [6.07, 6.45) is 1.30. The molecule has 1 amide bonds. The van der Waals surface area contributed by atoms with E-state index in [1.807, 2.05) is 12.1 Å². The summed E-state index contributed by atoms with van der Waals surface area (Å²) < 4.78 is 1.04. The number of phenolic OH excluding ortho intramolecular Hbond substituents is 2. The van der Waals surface area contributed by atoms with E-state index in [2.05, 4.69) is 33.1 Å². The third-order valence-electron chi connectivity index (χ3n) is 2.49. The first kappa shape index (κ1) is 14.3. The van der Waals surface area contributed by atoms with Gasteiger partial charge in [-0.1, -0.05) is 0 Å². The molecule has 6 heteroatoms. The molecular weight excluding hydrogens is 371 g/mol. The Bertz CT molecular complexity index is 654. The Balaban J connectivity index is 2.02. The van der Waals surface area contributed by atoms with Gasteiger partial charge in [0.25, 0.3) is 5.91 Å². The third kappa shape index (κ3) is 3.70. The van der Waals surface area contributed by atoms with Crippen molar-refractivity contribution in [1.29, 1.82) is 0 Å². The molecule has 0 atom stereocenters. The van der Waals surface area contributed by atoms with Crippen LogP contribution in [0.4, 0.5) is 0 Å². The van der Waals surface area contributed by atoms with Crippen LogP contribution in [-0.4, -0.2) is 22.3 Å². The lowest BCUT2D eigenvalue weighted by Crippen LogP contribution is -2.17. The van der Waals surface area contributed by atoms with Crippen molar-refractivity contribution in [3.8, 4) is 11.5 Å². The number of benzene rings is 2. The number of rotatable bonds is 3. The first-order chi connectivity index (χ1) is 9.56. The van der Waals surface area contributed by atoms with E-state index < -0.39 is 0 Å². The largest absolute Gasteiger partial charge is 0.508 e. The molecule has 0 spiro atoms. The van der Waals surface area contributed by atoms with Crippen molar-refractivity contribution in [2.24, 2.45) is 5.10 Å². The number of carbonyl (C=O) groups is 1. The Labute approximate surface area is 129 Å². The van der Waals surface area contributed by atoms with Gasteiger partial charge in [-0.25, -0.2) is 5.43 Å². The summed E-state index contributed by atoms with van der Waals surface area (Å²) in [6.45, 7) is 0. The van der Waals surface area contributed by atoms with Gasteiger partial charge in [-0.15, -0.1) is 0 Å². The minimum atomic E-state index is -0.337. The van der Waals surface area contributed by atoms with Crippen LogP contribution in [0.2, 0.25) is 0 Å². The Morgan fingerprint density at radius 2 is 1.85 bits per heavy atom. The van der Waals surface area contributed by atoms with Crippen molar-refractivity contribution in [2.75, 3.05) is 0 Å². The van der Waals surface area contributed by atoms with E-state index in [1.54, 1.807) is 12.1 Å². The SMILES string of the molecule is O=C(N/N=C\c1ccc(O)cc1O)c1ccc(I)cc1. The number of nitrogens with one attached hydrogen (secondary N) is 1. The van der Waals surface area contributed by atoms with Crippen LogP contribution < -0.4 is 5.43 Å². The molecule has 0 aliphatic carbocycles. The third-order valence-corrected chi connectivity index (χ3v) is 3.21. The van der Waals surface area contributed by atoms with Crippen molar-refractivity contribution in [3.05, 3.63) is 57.2 Å². The number of halogens is 1. The van der Waals surface area contributed by atoms with Gasteiger partial charge in [0.2, 0.25) is 0 Å². The Hall–Kier alpha value is -2.09. The van der Waals surface area contributed by atoms with Crippen LogP contribution in [0.1, 0.15) is 15.9 Å². The molecule has 2 rings (SSSR count). The lowest BCUT2D eigenvalue weighted by Gasteiger charge is -2.01. The second-order valence-corrected chi connectivity index (χ2v) is 5.19. The van der Waals surface area contributed by atoms with Crippen molar-refractivity contribution in [1.82, 2.24) is 5.43 Å². The molecule has 0 unspecified atom stereocenters. The average Bonchev–Trinajstić information content (AvgIpc) is 2.42. The van der Waals surface area contributed by atoms with Crippen LogP contribution in [-0.2, 0) is 0 Å². The zero-order valence-corrected chi connectivity index (χ0v) is 12.4. The molecule has 0 aliphatic heterocycles. The zero-order valence-electron chi connectivity index (χ0n) is 10.2. The highest BCUT2D eigenvalue weighted by molar-refractivity contribution is 14.1. The molecule has 0 saturated heterocycles. The monoisotopic (exact) mass is 382 g/mol. The second kappa shape index (κ2) is 6.38. The summed E-state index contributed by atoms with van der Waals surface area (Å²) in [7, 11) is 0. The van der Waals surface area contributed by atoms with Crippen molar-refractivity contribution < 1.29 is 15.0 Å². The summed E-state index contributed by atoms with van der Waals surface area (Å²) in [5.74, 6) is -0.490. The summed E-state index contributed by atoms with van der Waals surface area (Å²) in [4.78, 5) is 11.8. The molecule has 0 bridgehead atoms. The molecule has 2 aromatic rings. The summed E-state index contributed by atoms with van der Waals surface area (Å²) in [6, 6.07) is 11.2. The van der Waals surface area contributed by atoms with E-state index in [4.69, 9.17) is 5.11 Å².